The van der Waals surface area contributed by atoms with Gasteiger partial charge >= 0.3 is 0 Å². The van der Waals surface area contributed by atoms with Gasteiger partial charge in [0.1, 0.15) is 5.84 Å². The summed E-state index contributed by atoms with van der Waals surface area (Å²) in [6.45, 7) is 1.62. The first kappa shape index (κ1) is 14.6. The van der Waals surface area contributed by atoms with Crippen molar-refractivity contribution >= 4 is 17.4 Å². The highest BCUT2D eigenvalue weighted by atomic mass is 35.5. The molecular formula is C16H18ClN3. The SMILES string of the molecule is CN(Cc1ccccc1)Cc1ccc(C(=N)N)cc1Cl. The van der Waals surface area contributed by atoms with Crippen molar-refractivity contribution in [2.24, 2.45) is 5.73 Å². The Morgan fingerprint density at radius 3 is 2.45 bits per heavy atom. The standard InChI is InChI=1S/C16H18ClN3/c1-20(10-12-5-3-2-4-6-12)11-14-8-7-13(16(18)19)9-15(14)17/h2-9H,10-11H2,1H3,(H3,18,19). The van der Waals surface area contributed by atoms with Gasteiger partial charge < -0.3 is 5.73 Å². The van der Waals surface area contributed by atoms with Crippen LogP contribution in [0.4, 0.5) is 0 Å². The normalized spacial score (nSPS) is 10.8. The minimum Gasteiger partial charge on any atom is -0.384 e. The molecule has 0 unspecified atom stereocenters. The Morgan fingerprint density at radius 2 is 1.85 bits per heavy atom. The maximum Gasteiger partial charge on any atom is 0.122 e. The van der Waals surface area contributed by atoms with E-state index in [1.807, 2.05) is 30.3 Å². The van der Waals surface area contributed by atoms with E-state index < -0.39 is 0 Å². The number of nitrogens with one attached hydrogen (secondary N) is 1. The third-order valence-corrected chi connectivity index (χ3v) is 3.45. The fraction of sp³-hybridized carbons (Fsp3) is 0.188. The minimum atomic E-state index is 0.0380. The van der Waals surface area contributed by atoms with E-state index in [1.54, 1.807) is 6.07 Å². The smallest absolute Gasteiger partial charge is 0.122 e. The summed E-state index contributed by atoms with van der Waals surface area (Å²) < 4.78 is 0. The summed E-state index contributed by atoms with van der Waals surface area (Å²) in [6, 6.07) is 15.8. The fourth-order valence-electron chi connectivity index (χ4n) is 2.08. The van der Waals surface area contributed by atoms with E-state index in [0.29, 0.717) is 10.6 Å². The Balaban J connectivity index is 2.04. The van der Waals surface area contributed by atoms with Crippen molar-refractivity contribution < 1.29 is 0 Å². The summed E-state index contributed by atoms with van der Waals surface area (Å²) in [5.74, 6) is 0.0380. The Labute approximate surface area is 124 Å². The van der Waals surface area contributed by atoms with Crippen LogP contribution in [0.3, 0.4) is 0 Å². The predicted molar refractivity (Wildman–Crippen MR) is 84.1 cm³/mol. The van der Waals surface area contributed by atoms with Gasteiger partial charge in [-0.05, 0) is 24.2 Å². The number of hydrogen-bond donors (Lipinski definition) is 2. The maximum atomic E-state index is 7.40. The van der Waals surface area contributed by atoms with Crippen molar-refractivity contribution in [3.63, 3.8) is 0 Å². The monoisotopic (exact) mass is 287 g/mol. The van der Waals surface area contributed by atoms with Crippen LogP contribution in [0.2, 0.25) is 5.02 Å². The summed E-state index contributed by atoms with van der Waals surface area (Å²) in [6.07, 6.45) is 0. The molecule has 2 rings (SSSR count). The van der Waals surface area contributed by atoms with E-state index >= 15 is 0 Å². The summed E-state index contributed by atoms with van der Waals surface area (Å²) >= 11 is 6.24. The van der Waals surface area contributed by atoms with Gasteiger partial charge in [0.25, 0.3) is 0 Å². The maximum absolute atomic E-state index is 7.40. The average Bonchev–Trinajstić information content (AvgIpc) is 2.42. The Hall–Kier alpha value is -1.84. The molecule has 0 aromatic heterocycles. The van der Waals surface area contributed by atoms with Gasteiger partial charge in [-0.15, -0.1) is 0 Å². The van der Waals surface area contributed by atoms with Crippen molar-refractivity contribution in [1.82, 2.24) is 4.90 Å². The van der Waals surface area contributed by atoms with E-state index in [4.69, 9.17) is 22.7 Å². The summed E-state index contributed by atoms with van der Waals surface area (Å²) in [4.78, 5) is 2.20. The fourth-order valence-corrected chi connectivity index (χ4v) is 2.33. The molecule has 0 aliphatic heterocycles. The van der Waals surface area contributed by atoms with Gasteiger partial charge in [-0.2, -0.15) is 0 Å². The molecule has 4 heteroatoms. The zero-order chi connectivity index (χ0) is 14.5. The van der Waals surface area contributed by atoms with E-state index in [2.05, 4.69) is 24.1 Å². The van der Waals surface area contributed by atoms with Crippen LogP contribution in [0.1, 0.15) is 16.7 Å². The lowest BCUT2D eigenvalue weighted by Gasteiger charge is -2.18. The van der Waals surface area contributed by atoms with Crippen LogP contribution < -0.4 is 5.73 Å². The third kappa shape index (κ3) is 3.83. The first-order valence-corrected chi connectivity index (χ1v) is 6.79. The van der Waals surface area contributed by atoms with Crippen LogP contribution in [0.25, 0.3) is 0 Å². The molecule has 104 valence electrons. The summed E-state index contributed by atoms with van der Waals surface area (Å²) in [7, 11) is 2.06. The van der Waals surface area contributed by atoms with E-state index in [1.165, 1.54) is 5.56 Å². The quantitative estimate of drug-likeness (QED) is 0.655. The second-order valence-electron chi connectivity index (χ2n) is 4.88. The zero-order valence-electron chi connectivity index (χ0n) is 11.4. The van der Waals surface area contributed by atoms with Gasteiger partial charge in [0.2, 0.25) is 0 Å². The van der Waals surface area contributed by atoms with E-state index in [0.717, 1.165) is 18.7 Å². The highest BCUT2D eigenvalue weighted by molar-refractivity contribution is 6.31. The Morgan fingerprint density at radius 1 is 1.15 bits per heavy atom. The van der Waals surface area contributed by atoms with Crippen molar-refractivity contribution in [2.75, 3.05) is 7.05 Å². The van der Waals surface area contributed by atoms with Crippen molar-refractivity contribution in [3.8, 4) is 0 Å². The number of nitrogens with two attached hydrogens (primary N) is 1. The lowest BCUT2D eigenvalue weighted by Crippen LogP contribution is -2.18. The van der Waals surface area contributed by atoms with Crippen LogP contribution in [0.5, 0.6) is 0 Å². The molecule has 0 spiro atoms. The molecule has 0 saturated heterocycles. The first-order valence-electron chi connectivity index (χ1n) is 6.41. The van der Waals surface area contributed by atoms with Crippen LogP contribution in [0, 0.1) is 5.41 Å². The second kappa shape index (κ2) is 6.55. The Bertz CT molecular complexity index is 596. The van der Waals surface area contributed by atoms with Gasteiger partial charge in [0.15, 0.2) is 0 Å². The van der Waals surface area contributed by atoms with Gasteiger partial charge in [-0.1, -0.05) is 54.1 Å². The number of amidine groups is 1. The van der Waals surface area contributed by atoms with Crippen LogP contribution in [-0.2, 0) is 13.1 Å². The van der Waals surface area contributed by atoms with Crippen molar-refractivity contribution in [2.45, 2.75) is 13.1 Å². The van der Waals surface area contributed by atoms with Gasteiger partial charge in [-0.3, -0.25) is 10.3 Å². The molecular weight excluding hydrogens is 270 g/mol. The molecule has 0 amide bonds. The molecule has 2 aromatic rings. The third-order valence-electron chi connectivity index (χ3n) is 3.10. The number of benzene rings is 2. The molecule has 0 aliphatic carbocycles. The van der Waals surface area contributed by atoms with Crippen molar-refractivity contribution in [1.29, 1.82) is 5.41 Å². The van der Waals surface area contributed by atoms with Crippen LogP contribution >= 0.6 is 11.6 Å². The molecule has 0 radical (unpaired) electrons. The molecule has 2 aromatic carbocycles. The minimum absolute atomic E-state index is 0.0380. The molecule has 0 bridgehead atoms. The Kier molecular flexibility index (Phi) is 4.77. The predicted octanol–water partition coefficient (Wildman–Crippen LogP) is 3.26. The van der Waals surface area contributed by atoms with Crippen LogP contribution in [0.15, 0.2) is 48.5 Å². The summed E-state index contributed by atoms with van der Waals surface area (Å²) in [5.41, 5.74) is 8.41. The molecule has 20 heavy (non-hydrogen) atoms. The topological polar surface area (TPSA) is 53.1 Å². The molecule has 3 N–H and O–H groups in total. The molecule has 0 atom stereocenters. The number of hydrogen-bond acceptors (Lipinski definition) is 2. The number of halogens is 1. The summed E-state index contributed by atoms with van der Waals surface area (Å²) in [5, 5.41) is 8.05. The highest BCUT2D eigenvalue weighted by Gasteiger charge is 2.07. The van der Waals surface area contributed by atoms with Gasteiger partial charge in [0.05, 0.1) is 0 Å². The van der Waals surface area contributed by atoms with Crippen molar-refractivity contribution in [3.05, 3.63) is 70.2 Å². The molecule has 0 heterocycles. The number of nitrogens with zero attached hydrogens (tertiary/aromatic N) is 1. The van der Waals surface area contributed by atoms with Gasteiger partial charge in [-0.25, -0.2) is 0 Å². The lowest BCUT2D eigenvalue weighted by molar-refractivity contribution is 0.319. The molecule has 0 saturated carbocycles. The second-order valence-corrected chi connectivity index (χ2v) is 5.28. The van der Waals surface area contributed by atoms with E-state index in [-0.39, 0.29) is 5.84 Å². The van der Waals surface area contributed by atoms with E-state index in [9.17, 15) is 0 Å². The molecule has 0 fully saturated rings. The number of nitrogen functional groups attached to an aromatic ring is 1. The zero-order valence-corrected chi connectivity index (χ0v) is 12.2. The average molecular weight is 288 g/mol. The molecule has 0 aliphatic rings. The number of rotatable bonds is 5. The van der Waals surface area contributed by atoms with Crippen LogP contribution in [-0.4, -0.2) is 17.8 Å². The largest absolute Gasteiger partial charge is 0.384 e. The lowest BCUT2D eigenvalue weighted by atomic mass is 10.1. The van der Waals surface area contributed by atoms with Gasteiger partial charge in [0, 0.05) is 23.7 Å². The molecule has 3 nitrogen and oxygen atoms in total. The highest BCUT2D eigenvalue weighted by Crippen LogP contribution is 2.20. The first-order chi connectivity index (χ1) is 9.56.